The first-order chi connectivity index (χ1) is 17.3. The second kappa shape index (κ2) is 9.46. The number of carbonyl (C=O) groups is 1. The van der Waals surface area contributed by atoms with Crippen LogP contribution in [0.2, 0.25) is 0 Å². The van der Waals surface area contributed by atoms with Crippen LogP contribution in [0.25, 0.3) is 27.6 Å². The molecule has 0 saturated carbocycles. The molecule has 0 unspecified atom stereocenters. The van der Waals surface area contributed by atoms with E-state index < -0.39 is 17.7 Å². The van der Waals surface area contributed by atoms with Crippen molar-refractivity contribution in [1.29, 1.82) is 0 Å². The predicted octanol–water partition coefficient (Wildman–Crippen LogP) is 4.77. The molecule has 0 bridgehead atoms. The molecule has 12 heteroatoms. The number of nitrogens with zero attached hydrogens (tertiary/aromatic N) is 2. The summed E-state index contributed by atoms with van der Waals surface area (Å²) in [5, 5.41) is 3.66. The molecule has 0 aliphatic heterocycles. The highest BCUT2D eigenvalue weighted by Crippen LogP contribution is 2.28. The van der Waals surface area contributed by atoms with Gasteiger partial charge in [0.1, 0.15) is 22.5 Å². The summed E-state index contributed by atoms with van der Waals surface area (Å²) in [5.74, 6) is -0.212. The van der Waals surface area contributed by atoms with Crippen molar-refractivity contribution in [3.05, 3.63) is 83.0 Å². The van der Waals surface area contributed by atoms with Gasteiger partial charge in [-0.1, -0.05) is 30.0 Å². The highest BCUT2D eigenvalue weighted by atomic mass is 32.2. The Morgan fingerprint density at radius 1 is 1.11 bits per heavy atom. The number of nitrogens with one attached hydrogen (secondary N) is 2. The number of hydrogen-bond acceptors (Lipinski definition) is 6. The number of amides is 1. The van der Waals surface area contributed by atoms with Gasteiger partial charge < -0.3 is 19.5 Å². The summed E-state index contributed by atoms with van der Waals surface area (Å²) in [6.07, 6.45) is -3.34. The maximum Gasteiger partial charge on any atom is 0.573 e. The van der Waals surface area contributed by atoms with Crippen molar-refractivity contribution in [3.63, 3.8) is 0 Å². The number of ether oxygens (including phenoxy) is 1. The van der Waals surface area contributed by atoms with Crippen molar-refractivity contribution in [2.24, 2.45) is 0 Å². The molecule has 36 heavy (non-hydrogen) atoms. The lowest BCUT2D eigenvalue weighted by Gasteiger charge is -2.13. The normalized spacial score (nSPS) is 11.8. The molecule has 3 heterocycles. The number of rotatable bonds is 7. The van der Waals surface area contributed by atoms with Crippen LogP contribution >= 0.6 is 11.8 Å². The van der Waals surface area contributed by atoms with Gasteiger partial charge in [-0.3, -0.25) is 14.2 Å². The van der Waals surface area contributed by atoms with Crippen LogP contribution in [0.15, 0.2) is 81.3 Å². The Hall–Kier alpha value is -4.19. The number of alkyl halides is 3. The van der Waals surface area contributed by atoms with Crippen molar-refractivity contribution in [3.8, 4) is 11.4 Å². The van der Waals surface area contributed by atoms with E-state index in [-0.39, 0.29) is 34.6 Å². The number of furan rings is 1. The van der Waals surface area contributed by atoms with E-state index in [1.807, 2.05) is 18.2 Å². The number of H-pyrrole nitrogens is 1. The van der Waals surface area contributed by atoms with Crippen LogP contribution < -0.4 is 15.6 Å². The number of para-hydroxylation sites is 1. The largest absolute Gasteiger partial charge is 0.573 e. The first-order valence-electron chi connectivity index (χ1n) is 10.6. The van der Waals surface area contributed by atoms with Gasteiger partial charge >= 0.3 is 6.36 Å². The molecule has 5 rings (SSSR count). The fourth-order valence-electron chi connectivity index (χ4n) is 3.64. The molecule has 0 aliphatic carbocycles. The molecule has 3 aromatic heterocycles. The van der Waals surface area contributed by atoms with Gasteiger partial charge in [-0.05, 0) is 42.5 Å². The van der Waals surface area contributed by atoms with E-state index in [1.54, 1.807) is 18.2 Å². The van der Waals surface area contributed by atoms with E-state index in [2.05, 4.69) is 20.0 Å². The van der Waals surface area contributed by atoms with Crippen molar-refractivity contribution in [1.82, 2.24) is 19.9 Å². The lowest BCUT2D eigenvalue weighted by molar-refractivity contribution is -0.274. The third-order valence-corrected chi connectivity index (χ3v) is 6.13. The molecule has 0 aliphatic rings. The van der Waals surface area contributed by atoms with E-state index in [9.17, 15) is 22.8 Å². The van der Waals surface area contributed by atoms with Gasteiger partial charge in [-0.15, -0.1) is 13.2 Å². The molecular formula is C24H17F3N4O4S. The van der Waals surface area contributed by atoms with Crippen LogP contribution in [-0.4, -0.2) is 32.6 Å². The predicted molar refractivity (Wildman–Crippen MR) is 127 cm³/mol. The monoisotopic (exact) mass is 514 g/mol. The molecule has 2 aromatic carbocycles. The quantitative estimate of drug-likeness (QED) is 0.240. The van der Waals surface area contributed by atoms with Crippen LogP contribution in [0.3, 0.4) is 0 Å². The Labute approximate surface area is 205 Å². The molecule has 184 valence electrons. The van der Waals surface area contributed by atoms with Crippen LogP contribution in [-0.2, 0) is 11.3 Å². The molecular weight excluding hydrogens is 497 g/mol. The second-order valence-electron chi connectivity index (χ2n) is 7.62. The molecule has 2 N–H and O–H groups in total. The fraction of sp³-hybridized carbons (Fsp3) is 0.125. The van der Waals surface area contributed by atoms with E-state index >= 15 is 0 Å². The van der Waals surface area contributed by atoms with Crippen molar-refractivity contribution >= 4 is 39.6 Å². The zero-order valence-electron chi connectivity index (χ0n) is 18.3. The highest BCUT2D eigenvalue weighted by molar-refractivity contribution is 7.99. The molecule has 0 saturated heterocycles. The molecule has 8 nitrogen and oxygen atoms in total. The summed E-state index contributed by atoms with van der Waals surface area (Å²) in [6, 6.07) is 15.5. The number of fused-ring (bicyclic) bond motifs is 3. The SMILES string of the molecule is O=C(CSc1nc2c([nH]c3ccccc32)c(=O)n1-c1ccc(OC(F)(F)F)cc1)NCc1ccco1. The van der Waals surface area contributed by atoms with E-state index in [1.165, 1.54) is 23.0 Å². The fourth-order valence-corrected chi connectivity index (χ4v) is 4.48. The van der Waals surface area contributed by atoms with Crippen molar-refractivity contribution in [2.75, 3.05) is 5.75 Å². The van der Waals surface area contributed by atoms with Crippen molar-refractivity contribution < 1.29 is 27.1 Å². The van der Waals surface area contributed by atoms with E-state index in [4.69, 9.17) is 4.42 Å². The number of aromatic amines is 1. The minimum atomic E-state index is -4.84. The van der Waals surface area contributed by atoms with E-state index in [0.29, 0.717) is 16.8 Å². The standard InChI is InChI=1S/C24H17F3N4O4S/c25-24(26,27)35-15-9-7-14(8-10-15)31-22(33)21-20(17-5-1-2-6-18(17)29-21)30-23(31)36-13-19(32)28-12-16-4-3-11-34-16/h1-11,29H,12-13H2,(H,28,32). The van der Waals surface area contributed by atoms with Gasteiger partial charge in [-0.2, -0.15) is 0 Å². The Kier molecular flexibility index (Phi) is 6.18. The van der Waals surface area contributed by atoms with Crippen LogP contribution in [0, 0.1) is 0 Å². The summed E-state index contributed by atoms with van der Waals surface area (Å²) in [7, 11) is 0. The molecule has 0 fully saturated rings. The first-order valence-corrected chi connectivity index (χ1v) is 11.6. The maximum atomic E-state index is 13.5. The number of aromatic nitrogens is 3. The number of benzene rings is 2. The van der Waals surface area contributed by atoms with Crippen molar-refractivity contribution in [2.45, 2.75) is 18.1 Å². The lowest BCUT2D eigenvalue weighted by Crippen LogP contribution is -2.26. The van der Waals surface area contributed by atoms with E-state index in [0.717, 1.165) is 29.3 Å². The second-order valence-corrected chi connectivity index (χ2v) is 8.56. The van der Waals surface area contributed by atoms with Gasteiger partial charge in [0.25, 0.3) is 5.56 Å². The summed E-state index contributed by atoms with van der Waals surface area (Å²) >= 11 is 1.03. The third-order valence-electron chi connectivity index (χ3n) is 5.20. The van der Waals surface area contributed by atoms with Crippen LogP contribution in [0.4, 0.5) is 13.2 Å². The topological polar surface area (TPSA) is 102 Å². The van der Waals surface area contributed by atoms with Gasteiger partial charge in [0.15, 0.2) is 5.16 Å². The first kappa shape index (κ1) is 23.5. The zero-order chi connectivity index (χ0) is 25.3. The Morgan fingerprint density at radius 3 is 2.61 bits per heavy atom. The van der Waals surface area contributed by atoms with Gasteiger partial charge in [0.05, 0.1) is 24.2 Å². The van der Waals surface area contributed by atoms with Crippen LogP contribution in [0.1, 0.15) is 5.76 Å². The average molecular weight is 514 g/mol. The Bertz CT molecular complexity index is 1590. The van der Waals surface area contributed by atoms with Gasteiger partial charge in [-0.25, -0.2) is 4.98 Å². The zero-order valence-corrected chi connectivity index (χ0v) is 19.2. The summed E-state index contributed by atoms with van der Waals surface area (Å²) < 4.78 is 48.0. The smallest absolute Gasteiger partial charge is 0.467 e. The number of halogens is 3. The molecule has 5 aromatic rings. The number of carbonyl (C=O) groups excluding carboxylic acids is 1. The Balaban J connectivity index is 1.51. The molecule has 0 radical (unpaired) electrons. The molecule has 0 atom stereocenters. The highest BCUT2D eigenvalue weighted by Gasteiger charge is 2.31. The lowest BCUT2D eigenvalue weighted by atomic mass is 10.2. The summed E-state index contributed by atoms with van der Waals surface area (Å²) in [5.41, 5.74) is 1.18. The van der Waals surface area contributed by atoms with Gasteiger partial charge in [0.2, 0.25) is 5.91 Å². The Morgan fingerprint density at radius 2 is 1.89 bits per heavy atom. The minimum absolute atomic E-state index is 0.0592. The third kappa shape index (κ3) is 4.93. The summed E-state index contributed by atoms with van der Waals surface area (Å²) in [6.45, 7) is 0.203. The van der Waals surface area contributed by atoms with Gasteiger partial charge in [0, 0.05) is 10.9 Å². The maximum absolute atomic E-state index is 13.5. The number of hydrogen-bond donors (Lipinski definition) is 2. The minimum Gasteiger partial charge on any atom is -0.467 e. The van der Waals surface area contributed by atoms with Crippen LogP contribution in [0.5, 0.6) is 5.75 Å². The number of thioether (sulfide) groups is 1. The summed E-state index contributed by atoms with van der Waals surface area (Å²) in [4.78, 5) is 33.7. The molecule has 0 spiro atoms. The average Bonchev–Trinajstić information content (AvgIpc) is 3.49. The molecule has 1 amide bonds.